The number of unbranched alkanes of at least 4 members (excludes halogenated alkanes) is 2. The van der Waals surface area contributed by atoms with Crippen LogP contribution in [-0.2, 0) is 4.79 Å². The van der Waals surface area contributed by atoms with Crippen LogP contribution in [0, 0.1) is 0 Å². The summed E-state index contributed by atoms with van der Waals surface area (Å²) < 4.78 is 0. The van der Waals surface area contributed by atoms with E-state index in [1.54, 1.807) is 0 Å². The van der Waals surface area contributed by atoms with Gasteiger partial charge in [-0.15, -0.1) is 0 Å². The second-order valence-electron chi connectivity index (χ2n) is 4.27. The molecule has 0 aromatic carbocycles. The third-order valence-electron chi connectivity index (χ3n) is 2.95. The molecule has 0 radical (unpaired) electrons. The molecule has 1 aliphatic rings. The van der Waals surface area contributed by atoms with Gasteiger partial charge in [0.1, 0.15) is 6.04 Å². The van der Waals surface area contributed by atoms with E-state index in [9.17, 15) is 9.59 Å². The molecule has 0 aromatic rings. The van der Waals surface area contributed by atoms with E-state index in [1.807, 2.05) is 0 Å². The second kappa shape index (κ2) is 7.11. The van der Waals surface area contributed by atoms with E-state index in [-0.39, 0.29) is 12.6 Å². The number of nitrogens with two attached hydrogens (primary N) is 1. The van der Waals surface area contributed by atoms with Gasteiger partial charge in [0, 0.05) is 19.7 Å². The molecule has 1 atom stereocenters. The minimum Gasteiger partial charge on any atom is -0.396 e. The monoisotopic (exact) mass is 243 g/mol. The van der Waals surface area contributed by atoms with Crippen molar-refractivity contribution in [3.8, 4) is 0 Å². The number of aliphatic hydroxyl groups is 1. The van der Waals surface area contributed by atoms with E-state index in [0.29, 0.717) is 19.5 Å². The number of carbonyl (C=O) groups excluding carboxylic acids is 2. The fourth-order valence-electron chi connectivity index (χ4n) is 2.02. The fourth-order valence-corrected chi connectivity index (χ4v) is 2.02. The highest BCUT2D eigenvalue weighted by atomic mass is 16.3. The second-order valence-corrected chi connectivity index (χ2v) is 4.27. The third-order valence-corrected chi connectivity index (χ3v) is 2.95. The Balaban J connectivity index is 2.25. The lowest BCUT2D eigenvalue weighted by Crippen LogP contribution is -2.48. The summed E-state index contributed by atoms with van der Waals surface area (Å²) in [5, 5.41) is 11.4. The Labute approximate surface area is 101 Å². The molecule has 1 heterocycles. The number of rotatable bonds is 6. The summed E-state index contributed by atoms with van der Waals surface area (Å²) in [4.78, 5) is 24.4. The van der Waals surface area contributed by atoms with Crippen LogP contribution in [0.1, 0.15) is 32.1 Å². The molecule has 4 N–H and O–H groups in total. The van der Waals surface area contributed by atoms with Crippen molar-refractivity contribution in [1.29, 1.82) is 0 Å². The molecule has 0 saturated carbocycles. The van der Waals surface area contributed by atoms with Gasteiger partial charge in [-0.1, -0.05) is 0 Å². The lowest BCUT2D eigenvalue weighted by molar-refractivity contribution is -0.121. The third kappa shape index (κ3) is 4.22. The summed E-state index contributed by atoms with van der Waals surface area (Å²) in [6, 6.07) is -0.664. The zero-order valence-corrected chi connectivity index (χ0v) is 10.0. The van der Waals surface area contributed by atoms with E-state index in [2.05, 4.69) is 5.32 Å². The normalized spacial score (nSPS) is 19.4. The Morgan fingerprint density at radius 1 is 1.35 bits per heavy atom. The first-order valence-electron chi connectivity index (χ1n) is 6.11. The quantitative estimate of drug-likeness (QED) is 0.564. The van der Waals surface area contributed by atoms with E-state index in [0.717, 1.165) is 25.7 Å². The van der Waals surface area contributed by atoms with Crippen molar-refractivity contribution in [1.82, 2.24) is 10.2 Å². The van der Waals surface area contributed by atoms with Gasteiger partial charge in [0.05, 0.1) is 0 Å². The first-order valence-corrected chi connectivity index (χ1v) is 6.11. The molecule has 6 heteroatoms. The maximum absolute atomic E-state index is 11.8. The SMILES string of the molecule is NC(=O)[C@@H]1CCCN1C(=O)NCCCCCO. The van der Waals surface area contributed by atoms with Crippen LogP contribution in [0.4, 0.5) is 4.79 Å². The van der Waals surface area contributed by atoms with Crippen LogP contribution in [0.25, 0.3) is 0 Å². The van der Waals surface area contributed by atoms with Crippen LogP contribution in [0.3, 0.4) is 0 Å². The Hall–Kier alpha value is -1.30. The summed E-state index contributed by atoms with van der Waals surface area (Å²) in [6.07, 6.45) is 3.96. The molecule has 98 valence electrons. The number of urea groups is 1. The number of amides is 3. The number of carbonyl (C=O) groups is 2. The van der Waals surface area contributed by atoms with Crippen LogP contribution < -0.4 is 11.1 Å². The predicted octanol–water partition coefficient (Wildman–Crippen LogP) is -0.192. The number of likely N-dealkylation sites (tertiary alicyclic amines) is 1. The molecule has 0 unspecified atom stereocenters. The van der Waals surface area contributed by atoms with Crippen LogP contribution in [0.2, 0.25) is 0 Å². The zero-order chi connectivity index (χ0) is 12.7. The maximum Gasteiger partial charge on any atom is 0.318 e. The highest BCUT2D eigenvalue weighted by Crippen LogP contribution is 2.16. The van der Waals surface area contributed by atoms with E-state index in [1.165, 1.54) is 4.90 Å². The minimum atomic E-state index is -0.451. The fraction of sp³-hybridized carbons (Fsp3) is 0.818. The summed E-state index contributed by atoms with van der Waals surface area (Å²) in [5.74, 6) is -0.432. The summed E-state index contributed by atoms with van der Waals surface area (Å²) >= 11 is 0. The van der Waals surface area contributed by atoms with Crippen molar-refractivity contribution in [2.45, 2.75) is 38.1 Å². The summed E-state index contributed by atoms with van der Waals surface area (Å²) in [7, 11) is 0. The lowest BCUT2D eigenvalue weighted by Gasteiger charge is -2.22. The standard InChI is InChI=1S/C11H21N3O3/c12-10(16)9-5-4-7-14(9)11(17)13-6-2-1-3-8-15/h9,15H,1-8H2,(H2,12,16)(H,13,17)/t9-/m0/s1. The first kappa shape index (κ1) is 13.8. The minimum absolute atomic E-state index is 0.184. The zero-order valence-electron chi connectivity index (χ0n) is 10.0. The van der Waals surface area contributed by atoms with Gasteiger partial charge >= 0.3 is 6.03 Å². The van der Waals surface area contributed by atoms with Crippen molar-refractivity contribution in [2.24, 2.45) is 5.73 Å². The average Bonchev–Trinajstić information content (AvgIpc) is 2.77. The number of nitrogens with one attached hydrogen (secondary N) is 1. The number of aliphatic hydroxyl groups excluding tert-OH is 1. The van der Waals surface area contributed by atoms with E-state index < -0.39 is 11.9 Å². The van der Waals surface area contributed by atoms with Crippen molar-refractivity contribution in [3.63, 3.8) is 0 Å². The molecule has 17 heavy (non-hydrogen) atoms. The molecule has 1 aliphatic heterocycles. The Bertz CT molecular complexity index is 271. The van der Waals surface area contributed by atoms with Crippen LogP contribution in [-0.4, -0.2) is 47.7 Å². The van der Waals surface area contributed by atoms with Crippen LogP contribution in [0.5, 0.6) is 0 Å². The Morgan fingerprint density at radius 2 is 2.12 bits per heavy atom. The van der Waals surface area contributed by atoms with Crippen molar-refractivity contribution < 1.29 is 14.7 Å². The number of primary amides is 1. The van der Waals surface area contributed by atoms with Crippen LogP contribution >= 0.6 is 0 Å². The van der Waals surface area contributed by atoms with Gasteiger partial charge in [-0.2, -0.15) is 0 Å². The first-order chi connectivity index (χ1) is 8.16. The maximum atomic E-state index is 11.8. The lowest BCUT2D eigenvalue weighted by atomic mass is 10.2. The van der Waals surface area contributed by atoms with Crippen LogP contribution in [0.15, 0.2) is 0 Å². The van der Waals surface area contributed by atoms with Crippen molar-refractivity contribution >= 4 is 11.9 Å². The van der Waals surface area contributed by atoms with Gasteiger partial charge in [-0.3, -0.25) is 4.79 Å². The molecule has 6 nitrogen and oxygen atoms in total. The molecule has 0 aliphatic carbocycles. The molecule has 1 fully saturated rings. The highest BCUT2D eigenvalue weighted by molar-refractivity contribution is 5.86. The molecule has 0 spiro atoms. The molecular formula is C11H21N3O3. The van der Waals surface area contributed by atoms with E-state index in [4.69, 9.17) is 10.8 Å². The van der Waals surface area contributed by atoms with Gasteiger partial charge in [0.25, 0.3) is 0 Å². The molecule has 0 aromatic heterocycles. The molecule has 3 amide bonds. The Kier molecular flexibility index (Phi) is 5.76. The number of hydrogen-bond acceptors (Lipinski definition) is 3. The van der Waals surface area contributed by atoms with Gasteiger partial charge in [0.2, 0.25) is 5.91 Å². The molecular weight excluding hydrogens is 222 g/mol. The van der Waals surface area contributed by atoms with Gasteiger partial charge in [-0.25, -0.2) is 4.79 Å². The topological polar surface area (TPSA) is 95.7 Å². The molecule has 1 saturated heterocycles. The van der Waals surface area contributed by atoms with Gasteiger partial charge in [-0.05, 0) is 32.1 Å². The van der Waals surface area contributed by atoms with Crippen molar-refractivity contribution in [3.05, 3.63) is 0 Å². The highest BCUT2D eigenvalue weighted by Gasteiger charge is 2.32. The summed E-state index contributed by atoms with van der Waals surface area (Å²) in [6.45, 7) is 1.35. The van der Waals surface area contributed by atoms with Crippen molar-refractivity contribution in [2.75, 3.05) is 19.7 Å². The smallest absolute Gasteiger partial charge is 0.318 e. The average molecular weight is 243 g/mol. The molecule has 0 bridgehead atoms. The summed E-state index contributed by atoms with van der Waals surface area (Å²) in [5.41, 5.74) is 5.23. The van der Waals surface area contributed by atoms with Gasteiger partial charge in [0.15, 0.2) is 0 Å². The molecule has 1 rings (SSSR count). The number of nitrogens with zero attached hydrogens (tertiary/aromatic N) is 1. The predicted molar refractivity (Wildman–Crippen MR) is 63.3 cm³/mol. The largest absolute Gasteiger partial charge is 0.396 e. The van der Waals surface area contributed by atoms with Gasteiger partial charge < -0.3 is 21.1 Å². The van der Waals surface area contributed by atoms with E-state index >= 15 is 0 Å². The number of hydrogen-bond donors (Lipinski definition) is 3. The Morgan fingerprint density at radius 3 is 2.76 bits per heavy atom.